The molecule has 0 radical (unpaired) electrons. The van der Waals surface area contributed by atoms with Crippen LogP contribution in [0.5, 0.6) is 11.5 Å². The number of hydrogen-bond donors (Lipinski definition) is 5. The number of nitrogens with two attached hydrogens (primary N) is 1. The van der Waals surface area contributed by atoms with Gasteiger partial charge in [0.2, 0.25) is 5.78 Å². The molecule has 0 saturated carbocycles. The van der Waals surface area contributed by atoms with Crippen LogP contribution in [0.4, 0.5) is 5.69 Å². The minimum atomic E-state index is -0.735. The summed E-state index contributed by atoms with van der Waals surface area (Å²) in [6.45, 7) is 0. The second kappa shape index (κ2) is 2.99. The van der Waals surface area contributed by atoms with Crippen LogP contribution in [0.25, 0.3) is 5.76 Å². The number of rotatable bonds is 0. The molecule has 82 valence electrons. The summed E-state index contributed by atoms with van der Waals surface area (Å²) in [5, 5.41) is 35.8. The fourth-order valence-electron chi connectivity index (χ4n) is 1.58. The average Bonchev–Trinajstić information content (AvgIpc) is 2.20. The first-order valence-corrected chi connectivity index (χ1v) is 4.32. The molecule has 0 bridgehead atoms. The molecule has 0 heterocycles. The molecule has 1 aromatic rings. The number of benzene rings is 1. The summed E-state index contributed by atoms with van der Waals surface area (Å²) >= 11 is 0. The summed E-state index contributed by atoms with van der Waals surface area (Å²) in [7, 11) is 0. The number of hydrogen-bond acceptors (Lipinski definition) is 6. The van der Waals surface area contributed by atoms with Crippen molar-refractivity contribution in [3.63, 3.8) is 0 Å². The Bertz CT molecular complexity index is 560. The second-order valence-corrected chi connectivity index (χ2v) is 3.35. The molecule has 0 atom stereocenters. The van der Waals surface area contributed by atoms with Crippen molar-refractivity contribution < 1.29 is 20.1 Å². The number of aromatic hydroxyl groups is 2. The molecule has 0 aromatic heterocycles. The lowest BCUT2D eigenvalue weighted by atomic mass is 9.90. The maximum Gasteiger partial charge on any atom is 0.207 e. The molecular formula is C10H8N2O4. The van der Waals surface area contributed by atoms with Crippen LogP contribution in [0.15, 0.2) is 12.1 Å². The fraction of sp³-hybridized carbons (Fsp3) is 0. The van der Waals surface area contributed by atoms with Crippen LogP contribution in [0, 0.1) is 5.41 Å². The minimum absolute atomic E-state index is 0.111. The van der Waals surface area contributed by atoms with Crippen molar-refractivity contribution >= 4 is 22.9 Å². The molecule has 2 rings (SSSR count). The molecule has 6 heteroatoms. The van der Waals surface area contributed by atoms with Crippen LogP contribution in [0.1, 0.15) is 11.1 Å². The number of carbonyl (C=O) groups is 1. The van der Waals surface area contributed by atoms with E-state index in [1.54, 1.807) is 0 Å². The molecule has 0 spiro atoms. The van der Waals surface area contributed by atoms with Gasteiger partial charge in [-0.05, 0) is 0 Å². The molecule has 6 N–H and O–H groups in total. The quantitative estimate of drug-likeness (QED) is 0.247. The van der Waals surface area contributed by atoms with Gasteiger partial charge in [0.05, 0.1) is 11.3 Å². The number of fused-ring (bicyclic) bond motifs is 1. The lowest BCUT2D eigenvalue weighted by molar-refractivity contribution is -0.108. The molecule has 16 heavy (non-hydrogen) atoms. The zero-order valence-electron chi connectivity index (χ0n) is 7.98. The van der Waals surface area contributed by atoms with Crippen LogP contribution in [-0.4, -0.2) is 26.8 Å². The number of anilines is 1. The van der Waals surface area contributed by atoms with Crippen molar-refractivity contribution in [1.82, 2.24) is 0 Å². The first-order chi connectivity index (χ1) is 7.43. The maximum absolute atomic E-state index is 11.3. The van der Waals surface area contributed by atoms with E-state index in [-0.39, 0.29) is 16.8 Å². The Morgan fingerprint density at radius 3 is 2.38 bits per heavy atom. The number of phenolic OH excluding ortho intramolecular Hbond substituents is 2. The van der Waals surface area contributed by atoms with E-state index in [2.05, 4.69) is 0 Å². The van der Waals surface area contributed by atoms with Crippen molar-refractivity contribution in [3.8, 4) is 11.5 Å². The Hall–Kier alpha value is -2.50. The number of carbonyl (C=O) groups excluding carboxylic acids is 1. The topological polar surface area (TPSA) is 128 Å². The molecule has 0 unspecified atom stereocenters. The van der Waals surface area contributed by atoms with Gasteiger partial charge in [0.25, 0.3) is 0 Å². The van der Waals surface area contributed by atoms with Gasteiger partial charge in [0.1, 0.15) is 23.0 Å². The number of aliphatic hydroxyl groups is 1. The van der Waals surface area contributed by atoms with Crippen LogP contribution >= 0.6 is 0 Å². The van der Waals surface area contributed by atoms with Gasteiger partial charge in [-0.2, -0.15) is 0 Å². The summed E-state index contributed by atoms with van der Waals surface area (Å²) in [4.78, 5) is 11.3. The molecular weight excluding hydrogens is 212 g/mol. The highest BCUT2D eigenvalue weighted by Crippen LogP contribution is 2.39. The fourth-order valence-corrected chi connectivity index (χ4v) is 1.58. The van der Waals surface area contributed by atoms with Crippen LogP contribution in [0.2, 0.25) is 0 Å². The number of aliphatic hydroxyl groups excluding tert-OH is 1. The monoisotopic (exact) mass is 220 g/mol. The van der Waals surface area contributed by atoms with Crippen molar-refractivity contribution in [2.75, 3.05) is 5.73 Å². The zero-order valence-corrected chi connectivity index (χ0v) is 7.98. The first kappa shape index (κ1) is 10.0. The highest BCUT2D eigenvalue weighted by molar-refractivity contribution is 6.52. The van der Waals surface area contributed by atoms with Crippen molar-refractivity contribution in [3.05, 3.63) is 23.3 Å². The van der Waals surface area contributed by atoms with Crippen LogP contribution in [-0.2, 0) is 4.79 Å². The molecule has 1 aliphatic rings. The van der Waals surface area contributed by atoms with Gasteiger partial charge in [-0.3, -0.25) is 10.2 Å². The van der Waals surface area contributed by atoms with Crippen molar-refractivity contribution in [1.29, 1.82) is 5.41 Å². The summed E-state index contributed by atoms with van der Waals surface area (Å²) < 4.78 is 0. The molecule has 1 aliphatic carbocycles. The summed E-state index contributed by atoms with van der Waals surface area (Å²) in [6, 6.07) is 0.946. The Labute approximate surface area is 89.8 Å². The van der Waals surface area contributed by atoms with E-state index in [0.717, 1.165) is 12.1 Å². The van der Waals surface area contributed by atoms with E-state index < -0.39 is 28.8 Å². The molecule has 1 aromatic carbocycles. The lowest BCUT2D eigenvalue weighted by Gasteiger charge is -2.17. The third kappa shape index (κ3) is 1.13. The third-order valence-corrected chi connectivity index (χ3v) is 2.35. The maximum atomic E-state index is 11.3. The Kier molecular flexibility index (Phi) is 1.88. The van der Waals surface area contributed by atoms with Crippen molar-refractivity contribution in [2.45, 2.75) is 0 Å². The summed E-state index contributed by atoms with van der Waals surface area (Å²) in [6.07, 6.45) is 0.820. The number of ketones is 1. The molecule has 6 nitrogen and oxygen atoms in total. The van der Waals surface area contributed by atoms with Gasteiger partial charge in [-0.1, -0.05) is 0 Å². The summed E-state index contributed by atoms with van der Waals surface area (Å²) in [5.41, 5.74) is 4.54. The normalized spacial score (nSPS) is 14.6. The zero-order chi connectivity index (χ0) is 12.0. The highest BCUT2D eigenvalue weighted by atomic mass is 16.3. The van der Waals surface area contributed by atoms with Gasteiger partial charge in [-0.15, -0.1) is 0 Å². The van der Waals surface area contributed by atoms with E-state index in [0.29, 0.717) is 0 Å². The molecule has 0 aliphatic heterocycles. The smallest absolute Gasteiger partial charge is 0.207 e. The van der Waals surface area contributed by atoms with E-state index in [9.17, 15) is 20.1 Å². The van der Waals surface area contributed by atoms with Crippen molar-refractivity contribution in [2.24, 2.45) is 0 Å². The Morgan fingerprint density at radius 1 is 1.12 bits per heavy atom. The number of nitrogens with one attached hydrogen (secondary N) is 1. The second-order valence-electron chi connectivity index (χ2n) is 3.35. The Balaban J connectivity index is 2.90. The van der Waals surface area contributed by atoms with Crippen LogP contribution in [0.3, 0.4) is 0 Å². The number of phenols is 2. The van der Waals surface area contributed by atoms with Gasteiger partial charge in [-0.25, -0.2) is 0 Å². The molecule has 0 amide bonds. The van der Waals surface area contributed by atoms with E-state index in [1.165, 1.54) is 0 Å². The largest absolute Gasteiger partial charge is 0.507 e. The average molecular weight is 220 g/mol. The number of allylic oxidation sites excluding steroid dienone is 1. The summed E-state index contributed by atoms with van der Waals surface area (Å²) in [5.74, 6) is -2.09. The first-order valence-electron chi connectivity index (χ1n) is 4.32. The van der Waals surface area contributed by atoms with E-state index in [4.69, 9.17) is 11.1 Å². The van der Waals surface area contributed by atoms with Gasteiger partial charge in [0.15, 0.2) is 0 Å². The Morgan fingerprint density at radius 2 is 1.75 bits per heavy atom. The molecule has 0 fully saturated rings. The standard InChI is InChI=1S/C10H8N2O4/c11-9-5(15)1-3(13)7-4(14)2-6(16)10(12)8(7)9/h1-2,11,13-14,16H,12H2. The minimum Gasteiger partial charge on any atom is -0.507 e. The van der Waals surface area contributed by atoms with Crippen LogP contribution < -0.4 is 5.73 Å². The predicted molar refractivity (Wildman–Crippen MR) is 56.6 cm³/mol. The molecule has 0 saturated heterocycles. The highest BCUT2D eigenvalue weighted by Gasteiger charge is 2.29. The predicted octanol–water partition coefficient (Wildman–Crippen LogP) is 0.529. The lowest BCUT2D eigenvalue weighted by Crippen LogP contribution is -2.20. The third-order valence-electron chi connectivity index (χ3n) is 2.35. The van der Waals surface area contributed by atoms with Gasteiger partial charge in [0, 0.05) is 17.7 Å². The number of nitrogen functional groups attached to an aromatic ring is 1. The van der Waals surface area contributed by atoms with E-state index in [1.807, 2.05) is 0 Å². The SMILES string of the molecule is N=C1C(=O)C=C(O)c2c(O)cc(O)c(N)c21. The van der Waals surface area contributed by atoms with Gasteiger partial charge < -0.3 is 21.1 Å². The van der Waals surface area contributed by atoms with Gasteiger partial charge >= 0.3 is 0 Å². The van der Waals surface area contributed by atoms with E-state index >= 15 is 0 Å².